The number of carboxylic acid groups (broad SMARTS) is 1. The fourth-order valence-electron chi connectivity index (χ4n) is 4.75. The fraction of sp³-hybridized carbons (Fsp3) is 0.478. The molecule has 5 heteroatoms. The number of amides is 1. The first-order valence-electron chi connectivity index (χ1n) is 10.3. The van der Waals surface area contributed by atoms with Gasteiger partial charge in [0.15, 0.2) is 0 Å². The minimum atomic E-state index is -0.812. The van der Waals surface area contributed by atoms with Crippen LogP contribution >= 0.6 is 0 Å². The molecule has 1 saturated carbocycles. The van der Waals surface area contributed by atoms with E-state index in [2.05, 4.69) is 47.4 Å². The van der Waals surface area contributed by atoms with Crippen LogP contribution in [0.25, 0.3) is 10.8 Å². The van der Waals surface area contributed by atoms with Gasteiger partial charge in [0.1, 0.15) is 0 Å². The average Bonchev–Trinajstić information content (AvgIpc) is 2.74. The van der Waals surface area contributed by atoms with Crippen molar-refractivity contribution in [3.8, 4) is 0 Å². The molecular weight excluding hydrogens is 352 g/mol. The molecule has 2 fully saturated rings. The Kier molecular flexibility index (Phi) is 5.62. The normalized spacial score (nSPS) is 23.6. The lowest BCUT2D eigenvalue weighted by Gasteiger charge is -2.38. The molecule has 2 aliphatic rings. The number of rotatable bonds is 4. The SMILES string of the molecule is O=C(O)[C@H]1CCCC[C@@H]1C(=O)N1CCN(Cc2cccc3ccccc23)CC1. The highest BCUT2D eigenvalue weighted by molar-refractivity contribution is 5.86. The number of nitrogens with zero attached hydrogens (tertiary/aromatic N) is 2. The summed E-state index contributed by atoms with van der Waals surface area (Å²) in [6.45, 7) is 3.92. The molecule has 0 unspecified atom stereocenters. The highest BCUT2D eigenvalue weighted by atomic mass is 16.4. The largest absolute Gasteiger partial charge is 0.481 e. The van der Waals surface area contributed by atoms with E-state index in [1.165, 1.54) is 16.3 Å². The zero-order valence-corrected chi connectivity index (χ0v) is 16.2. The molecule has 1 amide bonds. The zero-order chi connectivity index (χ0) is 19.5. The summed E-state index contributed by atoms with van der Waals surface area (Å²) >= 11 is 0. The number of aliphatic carboxylic acids is 1. The van der Waals surface area contributed by atoms with Crippen molar-refractivity contribution in [2.45, 2.75) is 32.2 Å². The number of carbonyl (C=O) groups is 2. The number of carbonyl (C=O) groups excluding carboxylic acids is 1. The van der Waals surface area contributed by atoms with Gasteiger partial charge in [-0.25, -0.2) is 0 Å². The summed E-state index contributed by atoms with van der Waals surface area (Å²) in [4.78, 5) is 28.8. The van der Waals surface area contributed by atoms with Crippen LogP contribution in [0.1, 0.15) is 31.2 Å². The van der Waals surface area contributed by atoms with Crippen LogP contribution in [-0.4, -0.2) is 53.0 Å². The summed E-state index contributed by atoms with van der Waals surface area (Å²) in [5, 5.41) is 12.0. The lowest BCUT2D eigenvalue weighted by molar-refractivity contribution is -0.153. The lowest BCUT2D eigenvalue weighted by atomic mass is 9.78. The van der Waals surface area contributed by atoms with Crippen molar-refractivity contribution in [3.05, 3.63) is 48.0 Å². The third-order valence-electron chi connectivity index (χ3n) is 6.36. The minimum Gasteiger partial charge on any atom is -0.481 e. The number of piperazine rings is 1. The van der Waals surface area contributed by atoms with Crippen LogP contribution in [-0.2, 0) is 16.1 Å². The van der Waals surface area contributed by atoms with Gasteiger partial charge in [0.2, 0.25) is 5.91 Å². The highest BCUT2D eigenvalue weighted by Crippen LogP contribution is 2.32. The van der Waals surface area contributed by atoms with Crippen molar-refractivity contribution in [2.24, 2.45) is 11.8 Å². The molecule has 2 atom stereocenters. The summed E-state index contributed by atoms with van der Waals surface area (Å²) < 4.78 is 0. The highest BCUT2D eigenvalue weighted by Gasteiger charge is 2.38. The zero-order valence-electron chi connectivity index (χ0n) is 16.2. The van der Waals surface area contributed by atoms with Crippen molar-refractivity contribution in [2.75, 3.05) is 26.2 Å². The summed E-state index contributed by atoms with van der Waals surface area (Å²) in [5.74, 6) is -1.60. The lowest BCUT2D eigenvalue weighted by Crippen LogP contribution is -2.51. The smallest absolute Gasteiger partial charge is 0.307 e. The molecule has 28 heavy (non-hydrogen) atoms. The van der Waals surface area contributed by atoms with Crippen LogP contribution in [0.4, 0.5) is 0 Å². The molecule has 0 aromatic heterocycles. The molecule has 1 aliphatic heterocycles. The molecule has 1 aliphatic carbocycles. The average molecular weight is 380 g/mol. The van der Waals surface area contributed by atoms with Gasteiger partial charge in [-0.05, 0) is 29.2 Å². The van der Waals surface area contributed by atoms with Crippen LogP contribution in [0.5, 0.6) is 0 Å². The van der Waals surface area contributed by atoms with E-state index in [0.29, 0.717) is 25.9 Å². The molecule has 0 spiro atoms. The van der Waals surface area contributed by atoms with Gasteiger partial charge >= 0.3 is 5.97 Å². The molecular formula is C23H28N2O3. The van der Waals surface area contributed by atoms with Crippen LogP contribution < -0.4 is 0 Å². The predicted molar refractivity (Wildman–Crippen MR) is 109 cm³/mol. The van der Waals surface area contributed by atoms with Gasteiger partial charge in [0.25, 0.3) is 0 Å². The summed E-state index contributed by atoms with van der Waals surface area (Å²) in [7, 11) is 0. The maximum Gasteiger partial charge on any atom is 0.307 e. The van der Waals surface area contributed by atoms with Crippen LogP contribution in [0.15, 0.2) is 42.5 Å². The second-order valence-electron chi connectivity index (χ2n) is 8.08. The maximum absolute atomic E-state index is 13.0. The van der Waals surface area contributed by atoms with Gasteiger partial charge in [-0.3, -0.25) is 14.5 Å². The van der Waals surface area contributed by atoms with Crippen LogP contribution in [0, 0.1) is 11.8 Å². The van der Waals surface area contributed by atoms with Crippen molar-refractivity contribution >= 4 is 22.6 Å². The Labute approximate surface area is 165 Å². The molecule has 0 radical (unpaired) electrons. The molecule has 2 aromatic rings. The topological polar surface area (TPSA) is 60.9 Å². The summed E-state index contributed by atoms with van der Waals surface area (Å²) in [5.41, 5.74) is 1.32. The molecule has 5 nitrogen and oxygen atoms in total. The van der Waals surface area contributed by atoms with E-state index in [9.17, 15) is 14.7 Å². The Hall–Kier alpha value is -2.40. The Balaban J connectivity index is 1.38. The summed E-state index contributed by atoms with van der Waals surface area (Å²) in [6, 6.07) is 14.9. The summed E-state index contributed by atoms with van der Waals surface area (Å²) in [6.07, 6.45) is 3.22. The molecule has 0 bridgehead atoms. The van der Waals surface area contributed by atoms with Crippen LogP contribution in [0.3, 0.4) is 0 Å². The van der Waals surface area contributed by atoms with Crippen molar-refractivity contribution in [1.29, 1.82) is 0 Å². The van der Waals surface area contributed by atoms with Crippen LogP contribution in [0.2, 0.25) is 0 Å². The second-order valence-corrected chi connectivity index (χ2v) is 8.08. The number of hydrogen-bond donors (Lipinski definition) is 1. The third-order valence-corrected chi connectivity index (χ3v) is 6.36. The maximum atomic E-state index is 13.0. The number of hydrogen-bond acceptors (Lipinski definition) is 3. The van der Waals surface area contributed by atoms with E-state index < -0.39 is 11.9 Å². The molecule has 148 valence electrons. The van der Waals surface area contributed by atoms with E-state index in [1.54, 1.807) is 0 Å². The van der Waals surface area contributed by atoms with Gasteiger partial charge in [-0.15, -0.1) is 0 Å². The minimum absolute atomic E-state index is 0.0527. The monoisotopic (exact) mass is 380 g/mol. The Morgan fingerprint density at radius 2 is 1.57 bits per heavy atom. The van der Waals surface area contributed by atoms with Crippen molar-refractivity contribution < 1.29 is 14.7 Å². The number of carboxylic acids is 1. The molecule has 4 rings (SSSR count). The predicted octanol–water partition coefficient (Wildman–Crippen LogP) is 3.38. The first-order valence-corrected chi connectivity index (χ1v) is 10.3. The molecule has 1 N–H and O–H groups in total. The Morgan fingerprint density at radius 1 is 0.893 bits per heavy atom. The molecule has 1 heterocycles. The van der Waals surface area contributed by atoms with Gasteiger partial charge in [0.05, 0.1) is 11.8 Å². The van der Waals surface area contributed by atoms with Gasteiger partial charge in [-0.1, -0.05) is 55.3 Å². The standard InChI is InChI=1S/C23H28N2O3/c26-22(20-10-3-4-11-21(20)23(27)28)25-14-12-24(13-15-25)16-18-8-5-7-17-6-1-2-9-19(17)18/h1-2,5-9,20-21H,3-4,10-16H2,(H,27,28)/t20-,21-/m0/s1. The van der Waals surface area contributed by atoms with Crippen molar-refractivity contribution in [1.82, 2.24) is 9.80 Å². The number of fused-ring (bicyclic) bond motifs is 1. The van der Waals surface area contributed by atoms with E-state index in [1.807, 2.05) is 4.90 Å². The van der Waals surface area contributed by atoms with Crippen molar-refractivity contribution in [3.63, 3.8) is 0 Å². The number of benzene rings is 2. The van der Waals surface area contributed by atoms with E-state index in [0.717, 1.165) is 32.5 Å². The van der Waals surface area contributed by atoms with E-state index in [4.69, 9.17) is 0 Å². The first kappa shape index (κ1) is 18.9. The van der Waals surface area contributed by atoms with E-state index in [-0.39, 0.29) is 11.8 Å². The fourth-order valence-corrected chi connectivity index (χ4v) is 4.75. The second kappa shape index (κ2) is 8.31. The Bertz CT molecular complexity index is 853. The van der Waals surface area contributed by atoms with Gasteiger partial charge in [-0.2, -0.15) is 0 Å². The Morgan fingerprint density at radius 3 is 2.32 bits per heavy atom. The third kappa shape index (κ3) is 3.90. The first-order chi connectivity index (χ1) is 13.6. The molecule has 1 saturated heterocycles. The molecule has 2 aromatic carbocycles. The van der Waals surface area contributed by atoms with E-state index >= 15 is 0 Å². The van der Waals surface area contributed by atoms with Gasteiger partial charge in [0, 0.05) is 32.7 Å². The quantitative estimate of drug-likeness (QED) is 0.883. The van der Waals surface area contributed by atoms with Gasteiger partial charge < -0.3 is 10.0 Å².